The molecule has 1 aromatic rings. The van der Waals surface area contributed by atoms with Gasteiger partial charge in [-0.25, -0.2) is 5.21 Å². The van der Waals surface area contributed by atoms with Gasteiger partial charge in [-0.1, -0.05) is 0 Å². The van der Waals surface area contributed by atoms with E-state index in [-0.39, 0.29) is 23.8 Å². The summed E-state index contributed by atoms with van der Waals surface area (Å²) in [5, 5.41) is 26.3. The van der Waals surface area contributed by atoms with Crippen LogP contribution in [0.3, 0.4) is 0 Å². The van der Waals surface area contributed by atoms with Crippen molar-refractivity contribution in [2.24, 2.45) is 0 Å². The summed E-state index contributed by atoms with van der Waals surface area (Å²) in [6, 6.07) is 6.21. The van der Waals surface area contributed by atoms with Crippen LogP contribution in [0.25, 0.3) is 0 Å². The van der Waals surface area contributed by atoms with Crippen LogP contribution in [0.2, 0.25) is 0 Å². The molecule has 0 aliphatic rings. The van der Waals surface area contributed by atoms with Crippen LogP contribution >= 0.6 is 0 Å². The highest BCUT2D eigenvalue weighted by Gasteiger charge is 2.12. The van der Waals surface area contributed by atoms with Gasteiger partial charge in [0.25, 0.3) is 4.92 Å². The van der Waals surface area contributed by atoms with Gasteiger partial charge in [-0.05, 0) is 12.1 Å². The van der Waals surface area contributed by atoms with Gasteiger partial charge in [-0.15, -0.1) is 0 Å². The molecule has 0 aliphatic heterocycles. The van der Waals surface area contributed by atoms with Crippen molar-refractivity contribution in [3.05, 3.63) is 29.2 Å². The van der Waals surface area contributed by atoms with E-state index in [1.165, 1.54) is 12.1 Å². The molecule has 0 aromatic heterocycles. The van der Waals surface area contributed by atoms with E-state index in [0.29, 0.717) is 13.1 Å². The minimum absolute atomic E-state index is 0.0184. The molecule has 0 unspecified atom stereocenters. The maximum atomic E-state index is 10.6. The van der Waals surface area contributed by atoms with Gasteiger partial charge in [0, 0.05) is 30.9 Å². The minimum Gasteiger partial charge on any atom is -0.395 e. The fourth-order valence-corrected chi connectivity index (χ4v) is 1.40. The summed E-state index contributed by atoms with van der Waals surface area (Å²) < 4.78 is 0. The molecule has 0 atom stereocenters. The summed E-state index contributed by atoms with van der Waals surface area (Å²) in [6.45, 7) is 0.769. The maximum absolute atomic E-state index is 10.6. The Labute approximate surface area is 92.9 Å². The molecule has 1 rings (SSSR count). The topological polar surface area (TPSA) is 84.0 Å². The molecular formula is C10H15N2O4+. The molecule has 0 radical (unpaired) electrons. The molecule has 0 bridgehead atoms. The Kier molecular flexibility index (Phi) is 4.68. The average molecular weight is 227 g/mol. The monoisotopic (exact) mass is 227 g/mol. The van der Waals surface area contributed by atoms with Gasteiger partial charge < -0.3 is 15.1 Å². The van der Waals surface area contributed by atoms with E-state index in [1.54, 1.807) is 17.0 Å². The third kappa shape index (κ3) is 3.18. The van der Waals surface area contributed by atoms with Crippen LogP contribution in [-0.2, 0) is 0 Å². The Morgan fingerprint density at radius 2 is 1.56 bits per heavy atom. The molecule has 6 nitrogen and oxygen atoms in total. The molecular weight excluding hydrogens is 212 g/mol. The van der Waals surface area contributed by atoms with Gasteiger partial charge in [0.1, 0.15) is 0 Å². The summed E-state index contributed by atoms with van der Waals surface area (Å²) >= 11 is 0. The van der Waals surface area contributed by atoms with E-state index in [0.717, 1.165) is 5.69 Å². The number of hydrogen-bond donors (Lipinski definition) is 3. The quantitative estimate of drug-likeness (QED) is 0.608. The molecule has 0 fully saturated rings. The van der Waals surface area contributed by atoms with Crippen molar-refractivity contribution in [2.75, 3.05) is 31.2 Å². The second-order valence-electron chi connectivity index (χ2n) is 3.22. The van der Waals surface area contributed by atoms with Crippen LogP contribution in [0, 0.1) is 4.91 Å². The smallest absolute Gasteiger partial charge is 0.316 e. The molecule has 0 spiro atoms. The first-order valence-electron chi connectivity index (χ1n) is 4.92. The predicted molar refractivity (Wildman–Crippen MR) is 57.9 cm³/mol. The normalized spacial score (nSPS) is 10.1. The van der Waals surface area contributed by atoms with Crippen LogP contribution in [0.1, 0.15) is 0 Å². The molecule has 3 N–H and O–H groups in total. The fourth-order valence-electron chi connectivity index (χ4n) is 1.40. The molecule has 16 heavy (non-hydrogen) atoms. The zero-order chi connectivity index (χ0) is 12.0. The van der Waals surface area contributed by atoms with Crippen LogP contribution in [0.5, 0.6) is 0 Å². The van der Waals surface area contributed by atoms with Gasteiger partial charge in [-0.3, -0.25) is 0 Å². The van der Waals surface area contributed by atoms with Gasteiger partial charge >= 0.3 is 5.69 Å². The number of aliphatic hydroxyl groups is 2. The average Bonchev–Trinajstić information content (AvgIpc) is 2.29. The molecule has 0 aliphatic carbocycles. The number of hydrogen-bond acceptors (Lipinski definition) is 4. The number of aliphatic hydroxyl groups excluding tert-OH is 2. The lowest BCUT2D eigenvalue weighted by Crippen LogP contribution is -2.29. The van der Waals surface area contributed by atoms with Crippen molar-refractivity contribution in [2.45, 2.75) is 0 Å². The fraction of sp³-hybridized carbons (Fsp3) is 0.400. The first-order valence-corrected chi connectivity index (χ1v) is 4.92. The van der Waals surface area contributed by atoms with E-state index in [2.05, 4.69) is 0 Å². The lowest BCUT2D eigenvalue weighted by molar-refractivity contribution is -0.729. The zero-order valence-electron chi connectivity index (χ0n) is 8.78. The van der Waals surface area contributed by atoms with E-state index >= 15 is 0 Å². The van der Waals surface area contributed by atoms with E-state index in [9.17, 15) is 4.91 Å². The third-order valence-electron chi connectivity index (χ3n) is 2.18. The minimum atomic E-state index is -0.216. The van der Waals surface area contributed by atoms with Crippen molar-refractivity contribution in [3.8, 4) is 0 Å². The Hall–Kier alpha value is -1.66. The Morgan fingerprint density at radius 1 is 1.06 bits per heavy atom. The first kappa shape index (κ1) is 12.4. The van der Waals surface area contributed by atoms with Crippen LogP contribution in [-0.4, -0.2) is 46.6 Å². The third-order valence-corrected chi connectivity index (χ3v) is 2.18. The molecule has 6 heteroatoms. The summed E-state index contributed by atoms with van der Waals surface area (Å²) in [4.78, 5) is 12.1. The van der Waals surface area contributed by atoms with E-state index < -0.39 is 0 Å². The maximum Gasteiger partial charge on any atom is 0.316 e. The second-order valence-corrected chi connectivity index (χ2v) is 3.22. The molecule has 0 saturated carbocycles. The van der Waals surface area contributed by atoms with Crippen LogP contribution < -0.4 is 4.90 Å². The Balaban J connectivity index is 2.80. The number of benzene rings is 1. The van der Waals surface area contributed by atoms with Gasteiger partial charge in [0.05, 0.1) is 18.1 Å². The lowest BCUT2D eigenvalue weighted by Gasteiger charge is -2.22. The first-order chi connectivity index (χ1) is 7.69. The number of rotatable bonds is 6. The van der Waals surface area contributed by atoms with Crippen LogP contribution in [0.4, 0.5) is 11.4 Å². The summed E-state index contributed by atoms with van der Waals surface area (Å²) in [5.41, 5.74) is 0.908. The standard InChI is InChI=1S/C10H15N2O4/c13-7-5-11(6-8-14)9-1-3-10(4-2-9)12(15)16/h1-4,13-14H,5-8H2,(H,15,16)/q+1. The predicted octanol–water partition coefficient (Wildman–Crippen LogP) is 0.277. The van der Waals surface area contributed by atoms with Gasteiger partial charge in [0.15, 0.2) is 0 Å². The SMILES string of the molecule is O=[N+](O)c1ccc(N(CCO)CCO)cc1. The highest BCUT2D eigenvalue weighted by molar-refractivity contribution is 5.50. The summed E-state index contributed by atoms with van der Waals surface area (Å²) in [7, 11) is 0. The molecule has 88 valence electrons. The molecule has 0 amide bonds. The number of nitrogens with zero attached hydrogens (tertiary/aromatic N) is 2. The van der Waals surface area contributed by atoms with Crippen LogP contribution in [0.15, 0.2) is 24.3 Å². The van der Waals surface area contributed by atoms with Gasteiger partial charge in [0.2, 0.25) is 0 Å². The van der Waals surface area contributed by atoms with Crippen molar-refractivity contribution in [1.82, 2.24) is 0 Å². The highest BCUT2D eigenvalue weighted by Crippen LogP contribution is 2.18. The van der Waals surface area contributed by atoms with Gasteiger partial charge in [-0.2, -0.15) is 0 Å². The molecule has 0 saturated heterocycles. The summed E-state index contributed by atoms with van der Waals surface area (Å²) in [5.74, 6) is 0. The Morgan fingerprint density at radius 3 is 1.94 bits per heavy atom. The van der Waals surface area contributed by atoms with Crippen molar-refractivity contribution < 1.29 is 20.3 Å². The zero-order valence-corrected chi connectivity index (χ0v) is 8.78. The Bertz CT molecular complexity index is 333. The van der Waals surface area contributed by atoms with Crippen molar-refractivity contribution in [1.29, 1.82) is 0 Å². The number of anilines is 1. The molecule has 1 aromatic carbocycles. The van der Waals surface area contributed by atoms with E-state index in [1.807, 2.05) is 0 Å². The van der Waals surface area contributed by atoms with E-state index in [4.69, 9.17) is 15.4 Å². The highest BCUT2D eigenvalue weighted by atomic mass is 16.6. The largest absolute Gasteiger partial charge is 0.395 e. The van der Waals surface area contributed by atoms with Crippen molar-refractivity contribution in [3.63, 3.8) is 0 Å². The lowest BCUT2D eigenvalue weighted by atomic mass is 10.2. The second kappa shape index (κ2) is 6.04. The summed E-state index contributed by atoms with van der Waals surface area (Å²) in [6.07, 6.45) is 0. The molecule has 0 heterocycles. The van der Waals surface area contributed by atoms with Crippen molar-refractivity contribution >= 4 is 11.4 Å².